The van der Waals surface area contributed by atoms with Crippen LogP contribution in [0.2, 0.25) is 0 Å². The molecule has 1 aromatic carbocycles. The van der Waals surface area contributed by atoms with Crippen molar-refractivity contribution in [3.8, 4) is 0 Å². The first-order chi connectivity index (χ1) is 15.6. The Balaban J connectivity index is 1.28. The lowest BCUT2D eigenvalue weighted by molar-refractivity contribution is 0.242. The second-order valence-corrected chi connectivity index (χ2v) is 10.8. The second-order valence-electron chi connectivity index (χ2n) is 8.29. The molecule has 1 atom stereocenters. The van der Waals surface area contributed by atoms with Crippen LogP contribution in [-0.4, -0.2) is 57.1 Å². The Morgan fingerprint density at radius 1 is 1.12 bits per heavy atom. The van der Waals surface area contributed by atoms with Crippen LogP contribution in [-0.2, 0) is 19.4 Å². The maximum absolute atomic E-state index is 13.2. The van der Waals surface area contributed by atoms with E-state index >= 15 is 0 Å². The van der Waals surface area contributed by atoms with Gasteiger partial charge in [-0.15, -0.1) is 11.3 Å². The summed E-state index contributed by atoms with van der Waals surface area (Å²) in [5.41, 5.74) is 2.38. The number of hydrogen-bond acceptors (Lipinski definition) is 6. The van der Waals surface area contributed by atoms with Gasteiger partial charge in [-0.3, -0.25) is 4.90 Å². The number of nitrogens with zero attached hydrogens (tertiary/aromatic N) is 5. The number of aromatic nitrogens is 3. The molecular weight excluding hydrogens is 441 g/mol. The normalized spacial score (nSPS) is 15.9. The third-order valence-electron chi connectivity index (χ3n) is 5.93. The first-order valence-electron chi connectivity index (χ1n) is 11.4. The molecule has 3 aromatic rings. The highest BCUT2D eigenvalue weighted by Gasteiger charge is 2.21. The summed E-state index contributed by atoms with van der Waals surface area (Å²) in [6.07, 6.45) is 7.95. The topological polar surface area (TPSA) is 37.2 Å². The Morgan fingerprint density at radius 2 is 1.91 bits per heavy atom. The van der Waals surface area contributed by atoms with Gasteiger partial charge < -0.3 is 9.47 Å². The van der Waals surface area contributed by atoms with Crippen LogP contribution >= 0.6 is 23.1 Å². The van der Waals surface area contributed by atoms with E-state index in [1.165, 1.54) is 39.3 Å². The van der Waals surface area contributed by atoms with Crippen LogP contribution in [0.4, 0.5) is 9.52 Å². The van der Waals surface area contributed by atoms with Crippen LogP contribution in [0.5, 0.6) is 0 Å². The largest absolute Gasteiger partial charge is 0.346 e. The summed E-state index contributed by atoms with van der Waals surface area (Å²) in [5.74, 6) is 2.17. The van der Waals surface area contributed by atoms with E-state index < -0.39 is 0 Å². The lowest BCUT2D eigenvalue weighted by Gasteiger charge is -2.34. The molecule has 0 spiro atoms. The van der Waals surface area contributed by atoms with Gasteiger partial charge in [0.05, 0.1) is 12.0 Å². The molecule has 0 radical (unpaired) electrons. The second kappa shape index (κ2) is 11.3. The van der Waals surface area contributed by atoms with E-state index in [1.54, 1.807) is 0 Å². The van der Waals surface area contributed by atoms with Gasteiger partial charge in [-0.25, -0.2) is 14.4 Å². The molecule has 5 nitrogen and oxygen atoms in total. The highest BCUT2D eigenvalue weighted by Crippen LogP contribution is 2.25. The van der Waals surface area contributed by atoms with Gasteiger partial charge in [0.15, 0.2) is 5.13 Å². The minimum Gasteiger partial charge on any atom is -0.346 e. The zero-order valence-corrected chi connectivity index (χ0v) is 20.5. The average molecular weight is 474 g/mol. The fourth-order valence-electron chi connectivity index (χ4n) is 4.11. The van der Waals surface area contributed by atoms with Gasteiger partial charge in [-0.05, 0) is 49.0 Å². The van der Waals surface area contributed by atoms with Gasteiger partial charge in [0.2, 0.25) is 0 Å². The van der Waals surface area contributed by atoms with Crippen molar-refractivity contribution in [3.05, 3.63) is 64.9 Å². The third-order valence-corrected chi connectivity index (χ3v) is 7.95. The van der Waals surface area contributed by atoms with Crippen LogP contribution in [0.1, 0.15) is 36.0 Å². The van der Waals surface area contributed by atoms with Crippen molar-refractivity contribution in [2.24, 2.45) is 0 Å². The smallest absolute Gasteiger partial charge is 0.185 e. The van der Waals surface area contributed by atoms with Crippen molar-refractivity contribution in [3.63, 3.8) is 0 Å². The molecule has 0 N–H and O–H groups in total. The van der Waals surface area contributed by atoms with Crippen LogP contribution in [0.15, 0.2) is 43.0 Å². The summed E-state index contributed by atoms with van der Waals surface area (Å²) < 4.78 is 15.5. The fraction of sp³-hybridized carbons (Fsp3) is 0.500. The molecule has 8 heteroatoms. The molecule has 0 saturated carbocycles. The van der Waals surface area contributed by atoms with E-state index in [1.807, 2.05) is 47.8 Å². The number of benzene rings is 1. The van der Waals surface area contributed by atoms with E-state index in [0.29, 0.717) is 0 Å². The van der Waals surface area contributed by atoms with Crippen LogP contribution in [0, 0.1) is 5.82 Å². The van der Waals surface area contributed by atoms with Gasteiger partial charge in [-0.1, -0.05) is 19.1 Å². The number of halogens is 1. The van der Waals surface area contributed by atoms with Gasteiger partial charge in [0.1, 0.15) is 5.82 Å². The van der Waals surface area contributed by atoms with Crippen molar-refractivity contribution in [1.29, 1.82) is 0 Å². The number of thiazole rings is 1. The van der Waals surface area contributed by atoms with E-state index in [2.05, 4.69) is 44.4 Å². The van der Waals surface area contributed by atoms with Gasteiger partial charge in [0, 0.05) is 56.0 Å². The van der Waals surface area contributed by atoms with E-state index in [4.69, 9.17) is 0 Å². The van der Waals surface area contributed by atoms with E-state index in [-0.39, 0.29) is 11.9 Å². The summed E-state index contributed by atoms with van der Waals surface area (Å²) in [6, 6.07) is 7.08. The maximum Gasteiger partial charge on any atom is 0.185 e. The van der Waals surface area contributed by atoms with Crippen LogP contribution in [0.25, 0.3) is 0 Å². The monoisotopic (exact) mass is 473 g/mol. The Kier molecular flexibility index (Phi) is 8.21. The first-order valence-corrected chi connectivity index (χ1v) is 13.3. The van der Waals surface area contributed by atoms with Gasteiger partial charge >= 0.3 is 0 Å². The quantitative estimate of drug-likeness (QED) is 0.392. The molecule has 4 rings (SSSR count). The molecule has 172 valence electrons. The van der Waals surface area contributed by atoms with Crippen molar-refractivity contribution >= 4 is 28.2 Å². The number of anilines is 1. The van der Waals surface area contributed by atoms with Crippen molar-refractivity contribution in [2.75, 3.05) is 42.6 Å². The molecule has 1 unspecified atom stereocenters. The summed E-state index contributed by atoms with van der Waals surface area (Å²) in [4.78, 5) is 15.4. The van der Waals surface area contributed by atoms with E-state index in [0.717, 1.165) is 51.1 Å². The number of imidazole rings is 1. The van der Waals surface area contributed by atoms with Crippen molar-refractivity contribution in [1.82, 2.24) is 19.4 Å². The Bertz CT molecular complexity index is 963. The maximum atomic E-state index is 13.2. The van der Waals surface area contributed by atoms with Crippen molar-refractivity contribution < 1.29 is 4.39 Å². The Hall–Kier alpha value is -1.90. The summed E-state index contributed by atoms with van der Waals surface area (Å²) in [7, 11) is 0. The number of rotatable bonds is 10. The lowest BCUT2D eigenvalue weighted by atomic mass is 10.1. The standard InChI is InChI=1S/C24H32FN5S2/c1-3-31-13-8-23-16-27-24(32-23)29-11-9-28(10-12-29)17-22-15-26-18-30(22)19(2)14-20-4-6-21(25)7-5-20/h4-7,15-16,18-19H,3,8-14,17H2,1-2H3. The van der Waals surface area contributed by atoms with Crippen molar-refractivity contribution in [2.45, 2.75) is 39.3 Å². The zero-order chi connectivity index (χ0) is 22.3. The predicted molar refractivity (Wildman–Crippen MR) is 133 cm³/mol. The number of aryl methyl sites for hydroxylation is 1. The molecule has 1 saturated heterocycles. The minimum atomic E-state index is -0.187. The van der Waals surface area contributed by atoms with Gasteiger partial charge in [0.25, 0.3) is 0 Å². The highest BCUT2D eigenvalue weighted by atomic mass is 32.2. The molecule has 1 aliphatic heterocycles. The fourth-order valence-corrected chi connectivity index (χ4v) is 5.86. The number of thioether (sulfide) groups is 1. The first kappa shape index (κ1) is 23.3. The predicted octanol–water partition coefficient (Wildman–Crippen LogP) is 4.90. The molecular formula is C24H32FN5S2. The molecule has 2 aromatic heterocycles. The van der Waals surface area contributed by atoms with Crippen LogP contribution in [0.3, 0.4) is 0 Å². The molecule has 0 amide bonds. The Labute approximate surface area is 198 Å². The van der Waals surface area contributed by atoms with Gasteiger partial charge in [-0.2, -0.15) is 11.8 Å². The molecule has 3 heterocycles. The van der Waals surface area contributed by atoms with Crippen LogP contribution < -0.4 is 4.90 Å². The van der Waals surface area contributed by atoms with E-state index in [9.17, 15) is 4.39 Å². The minimum absolute atomic E-state index is 0.187. The zero-order valence-electron chi connectivity index (χ0n) is 18.9. The molecule has 1 aliphatic rings. The summed E-state index contributed by atoms with van der Waals surface area (Å²) in [5, 5.41) is 1.17. The number of hydrogen-bond donors (Lipinski definition) is 0. The lowest BCUT2D eigenvalue weighted by Crippen LogP contribution is -2.46. The SMILES string of the molecule is CCSCCc1cnc(N2CCN(Cc3cncn3C(C)Cc3ccc(F)cc3)CC2)s1. The third kappa shape index (κ3) is 6.11. The molecule has 32 heavy (non-hydrogen) atoms. The summed E-state index contributed by atoms with van der Waals surface area (Å²) >= 11 is 3.84. The molecule has 0 aliphatic carbocycles. The summed E-state index contributed by atoms with van der Waals surface area (Å²) in [6.45, 7) is 9.38. The molecule has 1 fully saturated rings. The Morgan fingerprint density at radius 3 is 2.66 bits per heavy atom. The number of piperazine rings is 1. The molecule has 0 bridgehead atoms. The highest BCUT2D eigenvalue weighted by molar-refractivity contribution is 7.99. The average Bonchev–Trinajstić information content (AvgIpc) is 3.46.